The fraction of sp³-hybridized carbons (Fsp3) is 0.118. The van der Waals surface area contributed by atoms with Crippen LogP contribution in [0, 0.1) is 6.92 Å². The van der Waals surface area contributed by atoms with Gasteiger partial charge in [0.2, 0.25) is 0 Å². The molecule has 0 saturated carbocycles. The summed E-state index contributed by atoms with van der Waals surface area (Å²) in [7, 11) is 0. The highest BCUT2D eigenvalue weighted by Crippen LogP contribution is 2.10. The Morgan fingerprint density at radius 2 is 2.09 bits per heavy atom. The number of benzene rings is 1. The Morgan fingerprint density at radius 3 is 2.95 bits per heavy atom. The first kappa shape index (κ1) is 12.8. The maximum Gasteiger partial charge on any atom is 0.261 e. The van der Waals surface area contributed by atoms with Crippen molar-refractivity contribution in [1.29, 1.82) is 0 Å². The molecule has 0 aliphatic heterocycles. The average molecular weight is 290 g/mol. The van der Waals surface area contributed by atoms with Crippen molar-refractivity contribution < 1.29 is 0 Å². The van der Waals surface area contributed by atoms with Crippen molar-refractivity contribution in [3.63, 3.8) is 0 Å². The van der Waals surface area contributed by atoms with Crippen molar-refractivity contribution >= 4 is 16.6 Å². The number of aryl methyl sites for hydroxylation is 1. The quantitative estimate of drug-likeness (QED) is 0.569. The second-order valence-electron chi connectivity index (χ2n) is 5.40. The Hall–Kier alpha value is -2.95. The molecular weight excluding hydrogens is 276 g/mol. The summed E-state index contributed by atoms with van der Waals surface area (Å²) in [5.41, 5.74) is 3.49. The van der Waals surface area contributed by atoms with Gasteiger partial charge in [0.05, 0.1) is 29.5 Å². The highest BCUT2D eigenvalue weighted by atomic mass is 16.1. The minimum absolute atomic E-state index is 0.0398. The molecule has 5 nitrogen and oxygen atoms in total. The van der Waals surface area contributed by atoms with Gasteiger partial charge in [-0.25, -0.2) is 9.97 Å². The van der Waals surface area contributed by atoms with Crippen LogP contribution in [0.15, 0.2) is 59.9 Å². The number of aromatic nitrogens is 4. The lowest BCUT2D eigenvalue weighted by Gasteiger charge is -2.05. The molecule has 0 N–H and O–H groups in total. The van der Waals surface area contributed by atoms with Crippen LogP contribution in [0.5, 0.6) is 0 Å². The normalized spacial score (nSPS) is 11.3. The topological polar surface area (TPSA) is 52.2 Å². The summed E-state index contributed by atoms with van der Waals surface area (Å²) < 4.78 is 3.54. The van der Waals surface area contributed by atoms with Gasteiger partial charge in [-0.05, 0) is 36.8 Å². The summed E-state index contributed by atoms with van der Waals surface area (Å²) in [4.78, 5) is 21.4. The summed E-state index contributed by atoms with van der Waals surface area (Å²) in [5.74, 6) is 0. The number of hydrogen-bond donors (Lipinski definition) is 0. The third kappa shape index (κ3) is 2.07. The standard InChI is InChI=1S/C17H14N4O/c1-12-5-6-14-15(8-12)18-11-21(17(14)22)10-13-9-20-7-3-2-4-16(20)19-13/h2-9,11H,10H2,1H3. The second-order valence-corrected chi connectivity index (χ2v) is 5.40. The first-order chi connectivity index (χ1) is 10.7. The maximum absolute atomic E-state index is 12.5. The van der Waals surface area contributed by atoms with Crippen LogP contribution in [0.1, 0.15) is 11.3 Å². The van der Waals surface area contributed by atoms with E-state index in [0.29, 0.717) is 11.9 Å². The Morgan fingerprint density at radius 1 is 1.18 bits per heavy atom. The van der Waals surface area contributed by atoms with Gasteiger partial charge in [-0.3, -0.25) is 9.36 Å². The van der Waals surface area contributed by atoms with Crippen LogP contribution in [0.4, 0.5) is 0 Å². The molecule has 0 aliphatic carbocycles. The molecule has 1 aromatic carbocycles. The molecule has 0 fully saturated rings. The molecule has 108 valence electrons. The van der Waals surface area contributed by atoms with Crippen LogP contribution >= 0.6 is 0 Å². The van der Waals surface area contributed by atoms with Crippen molar-refractivity contribution in [2.45, 2.75) is 13.5 Å². The summed E-state index contributed by atoms with van der Waals surface area (Å²) in [6, 6.07) is 11.5. The fourth-order valence-corrected chi connectivity index (χ4v) is 2.62. The number of pyridine rings is 1. The Balaban J connectivity index is 1.79. The molecule has 0 spiro atoms. The van der Waals surface area contributed by atoms with Gasteiger partial charge < -0.3 is 4.40 Å². The molecule has 0 amide bonds. The number of hydrogen-bond acceptors (Lipinski definition) is 3. The van der Waals surface area contributed by atoms with Crippen molar-refractivity contribution in [3.05, 3.63) is 76.7 Å². The lowest BCUT2D eigenvalue weighted by Crippen LogP contribution is -2.21. The van der Waals surface area contributed by atoms with E-state index in [9.17, 15) is 4.79 Å². The summed E-state index contributed by atoms with van der Waals surface area (Å²) in [6.07, 6.45) is 5.46. The van der Waals surface area contributed by atoms with Crippen molar-refractivity contribution in [2.24, 2.45) is 0 Å². The van der Waals surface area contributed by atoms with Crippen LogP contribution in [-0.2, 0) is 6.54 Å². The third-order valence-corrected chi connectivity index (χ3v) is 3.73. The fourth-order valence-electron chi connectivity index (χ4n) is 2.62. The van der Waals surface area contributed by atoms with Crippen molar-refractivity contribution in [3.8, 4) is 0 Å². The maximum atomic E-state index is 12.5. The molecule has 4 rings (SSSR count). The van der Waals surface area contributed by atoms with E-state index in [1.54, 1.807) is 10.9 Å². The predicted molar refractivity (Wildman–Crippen MR) is 85.0 cm³/mol. The van der Waals surface area contributed by atoms with E-state index >= 15 is 0 Å². The summed E-state index contributed by atoms with van der Waals surface area (Å²) >= 11 is 0. The zero-order chi connectivity index (χ0) is 15.1. The van der Waals surface area contributed by atoms with Gasteiger partial charge in [0, 0.05) is 12.4 Å². The SMILES string of the molecule is Cc1ccc2c(=O)n(Cc3cn4ccccc4n3)cnc2c1. The molecule has 0 atom stereocenters. The van der Waals surface area contributed by atoms with Gasteiger partial charge in [-0.1, -0.05) is 12.1 Å². The molecule has 0 aliphatic rings. The first-order valence-electron chi connectivity index (χ1n) is 7.09. The highest BCUT2D eigenvalue weighted by Gasteiger charge is 2.07. The number of imidazole rings is 1. The van der Waals surface area contributed by atoms with Crippen LogP contribution in [0.25, 0.3) is 16.6 Å². The Labute approximate surface area is 126 Å². The van der Waals surface area contributed by atoms with Gasteiger partial charge in [-0.2, -0.15) is 0 Å². The van der Waals surface area contributed by atoms with Crippen LogP contribution < -0.4 is 5.56 Å². The minimum Gasteiger partial charge on any atom is -0.307 e. The highest BCUT2D eigenvalue weighted by molar-refractivity contribution is 5.77. The summed E-state index contributed by atoms with van der Waals surface area (Å²) in [6.45, 7) is 2.40. The molecule has 3 aromatic heterocycles. The molecule has 3 heterocycles. The van der Waals surface area contributed by atoms with E-state index in [0.717, 1.165) is 22.4 Å². The van der Waals surface area contributed by atoms with Crippen LogP contribution in [-0.4, -0.2) is 18.9 Å². The number of fused-ring (bicyclic) bond motifs is 2. The molecular formula is C17H14N4O. The van der Waals surface area contributed by atoms with E-state index in [1.165, 1.54) is 0 Å². The predicted octanol–water partition coefficient (Wildman–Crippen LogP) is 2.40. The van der Waals surface area contributed by atoms with Crippen molar-refractivity contribution in [1.82, 2.24) is 18.9 Å². The van der Waals surface area contributed by atoms with Gasteiger partial charge in [0.15, 0.2) is 0 Å². The molecule has 0 unspecified atom stereocenters. The zero-order valence-corrected chi connectivity index (χ0v) is 12.1. The van der Waals surface area contributed by atoms with E-state index < -0.39 is 0 Å². The van der Waals surface area contributed by atoms with Crippen LogP contribution in [0.3, 0.4) is 0 Å². The second kappa shape index (κ2) is 4.80. The molecule has 0 radical (unpaired) electrons. The van der Waals surface area contributed by atoms with E-state index in [2.05, 4.69) is 9.97 Å². The van der Waals surface area contributed by atoms with Gasteiger partial charge in [0.25, 0.3) is 5.56 Å². The monoisotopic (exact) mass is 290 g/mol. The van der Waals surface area contributed by atoms with E-state index in [-0.39, 0.29) is 5.56 Å². The smallest absolute Gasteiger partial charge is 0.261 e. The molecule has 0 saturated heterocycles. The minimum atomic E-state index is -0.0398. The average Bonchev–Trinajstić information content (AvgIpc) is 2.92. The van der Waals surface area contributed by atoms with Gasteiger partial charge >= 0.3 is 0 Å². The summed E-state index contributed by atoms with van der Waals surface area (Å²) in [5, 5.41) is 0.636. The third-order valence-electron chi connectivity index (χ3n) is 3.73. The van der Waals surface area contributed by atoms with E-state index in [4.69, 9.17) is 0 Å². The first-order valence-corrected chi connectivity index (χ1v) is 7.09. The molecule has 0 bridgehead atoms. The number of rotatable bonds is 2. The largest absolute Gasteiger partial charge is 0.307 e. The lowest BCUT2D eigenvalue weighted by molar-refractivity contribution is 0.734. The Bertz CT molecular complexity index is 1010. The lowest BCUT2D eigenvalue weighted by atomic mass is 10.2. The molecule has 4 aromatic rings. The number of nitrogens with zero attached hydrogens (tertiary/aromatic N) is 4. The molecule has 22 heavy (non-hydrogen) atoms. The zero-order valence-electron chi connectivity index (χ0n) is 12.1. The van der Waals surface area contributed by atoms with Gasteiger partial charge in [0.1, 0.15) is 5.65 Å². The van der Waals surface area contributed by atoms with E-state index in [1.807, 2.05) is 60.1 Å². The van der Waals surface area contributed by atoms with Crippen molar-refractivity contribution in [2.75, 3.05) is 0 Å². The van der Waals surface area contributed by atoms with Gasteiger partial charge in [-0.15, -0.1) is 0 Å². The van der Waals surface area contributed by atoms with Crippen LogP contribution in [0.2, 0.25) is 0 Å². The Kier molecular flexibility index (Phi) is 2.79. The molecule has 5 heteroatoms.